The molecule has 1 amide bonds. The van der Waals surface area contributed by atoms with Gasteiger partial charge in [0.15, 0.2) is 5.76 Å². The Morgan fingerprint density at radius 3 is 2.96 bits per heavy atom. The lowest BCUT2D eigenvalue weighted by molar-refractivity contribution is -0.123. The summed E-state index contributed by atoms with van der Waals surface area (Å²) in [5.74, 6) is 2.22. The Kier molecular flexibility index (Phi) is 5.84. The van der Waals surface area contributed by atoms with E-state index in [1.807, 2.05) is 30.3 Å². The zero-order valence-electron chi connectivity index (χ0n) is 15.7. The van der Waals surface area contributed by atoms with Crippen molar-refractivity contribution in [1.82, 2.24) is 20.5 Å². The van der Waals surface area contributed by atoms with Gasteiger partial charge in [-0.25, -0.2) is 4.98 Å². The van der Waals surface area contributed by atoms with Crippen LogP contribution in [-0.2, 0) is 11.3 Å². The second-order valence-electron chi connectivity index (χ2n) is 7.62. The first-order valence-corrected chi connectivity index (χ1v) is 10.0. The summed E-state index contributed by atoms with van der Waals surface area (Å²) >= 11 is 0. The predicted octanol–water partition coefficient (Wildman–Crippen LogP) is 2.42. The molecule has 2 atom stereocenters. The second-order valence-corrected chi connectivity index (χ2v) is 7.62. The highest BCUT2D eigenvalue weighted by Crippen LogP contribution is 2.22. The van der Waals surface area contributed by atoms with Gasteiger partial charge in [0.05, 0.1) is 18.8 Å². The van der Waals surface area contributed by atoms with E-state index in [0.29, 0.717) is 5.92 Å². The molecule has 0 aliphatic carbocycles. The fourth-order valence-electron chi connectivity index (χ4n) is 4.05. The van der Waals surface area contributed by atoms with Crippen molar-refractivity contribution in [3.8, 4) is 11.3 Å². The third kappa shape index (κ3) is 4.76. The molecule has 2 fully saturated rings. The van der Waals surface area contributed by atoms with Gasteiger partial charge in [-0.2, -0.15) is 0 Å². The van der Waals surface area contributed by atoms with Crippen LogP contribution in [0.4, 0.5) is 0 Å². The number of carbonyl (C=O) groups excluding carboxylic acids is 1. The van der Waals surface area contributed by atoms with Crippen molar-refractivity contribution in [2.75, 3.05) is 26.2 Å². The maximum Gasteiger partial charge on any atom is 0.237 e. The molecule has 1 aromatic heterocycles. The zero-order valence-corrected chi connectivity index (χ0v) is 15.7. The third-order valence-electron chi connectivity index (χ3n) is 5.52. The summed E-state index contributed by atoms with van der Waals surface area (Å²) in [6.45, 7) is 4.46. The molecule has 0 radical (unpaired) electrons. The van der Waals surface area contributed by atoms with Crippen LogP contribution in [0.1, 0.15) is 31.6 Å². The molecule has 1 aromatic carbocycles. The number of nitrogens with one attached hydrogen (secondary N) is 2. The molecular formula is C21H28N4O2. The van der Waals surface area contributed by atoms with Crippen molar-refractivity contribution in [3.05, 3.63) is 42.4 Å². The number of aromatic nitrogens is 1. The van der Waals surface area contributed by atoms with Crippen LogP contribution < -0.4 is 10.6 Å². The Morgan fingerprint density at radius 2 is 2.15 bits per heavy atom. The van der Waals surface area contributed by atoms with Crippen LogP contribution in [-0.4, -0.2) is 48.0 Å². The van der Waals surface area contributed by atoms with Gasteiger partial charge in [-0.1, -0.05) is 30.3 Å². The number of piperidine rings is 1. The maximum atomic E-state index is 12.2. The van der Waals surface area contributed by atoms with E-state index in [0.717, 1.165) is 75.6 Å². The molecular weight excluding hydrogens is 340 g/mol. The number of nitrogens with zero attached hydrogens (tertiary/aromatic N) is 2. The molecule has 0 saturated carbocycles. The highest BCUT2D eigenvalue weighted by atomic mass is 16.4. The Hall–Kier alpha value is -2.18. The SMILES string of the molecule is O=C(NCC1CCCN(Cc2ncc(-c3ccccc3)o2)C1)C1CCCN1. The van der Waals surface area contributed by atoms with Gasteiger partial charge in [-0.15, -0.1) is 0 Å². The Balaban J connectivity index is 1.27. The van der Waals surface area contributed by atoms with Crippen molar-refractivity contribution in [1.29, 1.82) is 0 Å². The molecule has 27 heavy (non-hydrogen) atoms. The Bertz CT molecular complexity index is 740. The fraction of sp³-hybridized carbons (Fsp3) is 0.524. The Labute approximate surface area is 160 Å². The third-order valence-corrected chi connectivity index (χ3v) is 5.52. The first-order valence-electron chi connectivity index (χ1n) is 10.0. The minimum absolute atomic E-state index is 0.00780. The van der Waals surface area contributed by atoms with Gasteiger partial charge in [0.2, 0.25) is 11.8 Å². The van der Waals surface area contributed by atoms with Crippen LogP contribution in [0.3, 0.4) is 0 Å². The molecule has 6 nitrogen and oxygen atoms in total. The monoisotopic (exact) mass is 368 g/mol. The summed E-state index contributed by atoms with van der Waals surface area (Å²) in [6, 6.07) is 10.1. The first kappa shape index (κ1) is 18.2. The zero-order chi connectivity index (χ0) is 18.5. The molecule has 6 heteroatoms. The molecule has 2 aromatic rings. The van der Waals surface area contributed by atoms with E-state index in [9.17, 15) is 4.79 Å². The van der Waals surface area contributed by atoms with Gasteiger partial charge in [-0.3, -0.25) is 9.69 Å². The lowest BCUT2D eigenvalue weighted by Gasteiger charge is -2.32. The van der Waals surface area contributed by atoms with Crippen molar-refractivity contribution < 1.29 is 9.21 Å². The van der Waals surface area contributed by atoms with Gasteiger partial charge in [0, 0.05) is 18.7 Å². The van der Waals surface area contributed by atoms with E-state index >= 15 is 0 Å². The minimum Gasteiger partial charge on any atom is -0.439 e. The normalized spacial score (nSPS) is 23.4. The predicted molar refractivity (Wildman–Crippen MR) is 104 cm³/mol. The number of rotatable bonds is 6. The van der Waals surface area contributed by atoms with Gasteiger partial charge < -0.3 is 15.1 Å². The quantitative estimate of drug-likeness (QED) is 0.819. The largest absolute Gasteiger partial charge is 0.439 e. The summed E-state index contributed by atoms with van der Waals surface area (Å²) in [4.78, 5) is 19.0. The number of oxazole rings is 1. The lowest BCUT2D eigenvalue weighted by atomic mass is 9.98. The van der Waals surface area contributed by atoms with Crippen molar-refractivity contribution in [2.45, 2.75) is 38.3 Å². The molecule has 4 rings (SSSR count). The molecule has 0 spiro atoms. The summed E-state index contributed by atoms with van der Waals surface area (Å²) in [5, 5.41) is 6.40. The van der Waals surface area contributed by atoms with Crippen molar-refractivity contribution >= 4 is 5.91 Å². The first-order chi connectivity index (χ1) is 13.3. The highest BCUT2D eigenvalue weighted by Gasteiger charge is 2.25. The lowest BCUT2D eigenvalue weighted by Crippen LogP contribution is -2.45. The number of amides is 1. The molecule has 144 valence electrons. The van der Waals surface area contributed by atoms with E-state index in [2.05, 4.69) is 20.5 Å². The van der Waals surface area contributed by atoms with Gasteiger partial charge in [0.1, 0.15) is 0 Å². The second kappa shape index (κ2) is 8.67. The summed E-state index contributed by atoms with van der Waals surface area (Å²) in [6.07, 6.45) is 6.16. The summed E-state index contributed by atoms with van der Waals surface area (Å²) < 4.78 is 5.94. The van der Waals surface area contributed by atoms with E-state index < -0.39 is 0 Å². The van der Waals surface area contributed by atoms with E-state index in [1.165, 1.54) is 0 Å². The number of hydrogen-bond acceptors (Lipinski definition) is 5. The standard InChI is InChI=1S/C21H28N4O2/c26-21(18-9-4-10-22-18)24-12-16-6-5-11-25(14-16)15-20-23-13-19(27-20)17-7-2-1-3-8-17/h1-3,7-8,13,16,18,22H,4-6,9-12,14-15H2,(H,24,26). The minimum atomic E-state index is 0.00780. The number of likely N-dealkylation sites (tertiary alicyclic amines) is 1. The molecule has 0 bridgehead atoms. The van der Waals surface area contributed by atoms with E-state index in [4.69, 9.17) is 4.42 Å². The van der Waals surface area contributed by atoms with Crippen molar-refractivity contribution in [2.24, 2.45) is 5.92 Å². The van der Waals surface area contributed by atoms with Crippen molar-refractivity contribution in [3.63, 3.8) is 0 Å². The van der Waals surface area contributed by atoms with Crippen LogP contribution >= 0.6 is 0 Å². The van der Waals surface area contributed by atoms with Crippen LogP contribution in [0.5, 0.6) is 0 Å². The fourth-order valence-corrected chi connectivity index (χ4v) is 4.05. The molecule has 2 aliphatic heterocycles. The van der Waals surface area contributed by atoms with Crippen LogP contribution in [0.2, 0.25) is 0 Å². The molecule has 3 heterocycles. The van der Waals surface area contributed by atoms with Gasteiger partial charge >= 0.3 is 0 Å². The van der Waals surface area contributed by atoms with E-state index in [1.54, 1.807) is 6.20 Å². The molecule has 2 saturated heterocycles. The topological polar surface area (TPSA) is 70.4 Å². The van der Waals surface area contributed by atoms with Crippen LogP contribution in [0.15, 0.2) is 40.9 Å². The van der Waals surface area contributed by atoms with Gasteiger partial charge in [0.25, 0.3) is 0 Å². The van der Waals surface area contributed by atoms with Crippen LogP contribution in [0.25, 0.3) is 11.3 Å². The smallest absolute Gasteiger partial charge is 0.237 e. The molecule has 2 unspecified atom stereocenters. The number of hydrogen-bond donors (Lipinski definition) is 2. The molecule has 2 aliphatic rings. The van der Waals surface area contributed by atoms with Gasteiger partial charge in [-0.05, 0) is 44.7 Å². The number of carbonyl (C=O) groups is 1. The number of benzene rings is 1. The maximum absolute atomic E-state index is 12.2. The average Bonchev–Trinajstić information content (AvgIpc) is 3.39. The van der Waals surface area contributed by atoms with Crippen LogP contribution in [0, 0.1) is 5.92 Å². The van der Waals surface area contributed by atoms with E-state index in [-0.39, 0.29) is 11.9 Å². The average molecular weight is 368 g/mol. The molecule has 2 N–H and O–H groups in total. The summed E-state index contributed by atoms with van der Waals surface area (Å²) in [7, 11) is 0. The highest BCUT2D eigenvalue weighted by molar-refractivity contribution is 5.81. The Morgan fingerprint density at radius 1 is 1.26 bits per heavy atom. The summed E-state index contributed by atoms with van der Waals surface area (Å²) in [5.41, 5.74) is 1.05.